The summed E-state index contributed by atoms with van der Waals surface area (Å²) in [6.07, 6.45) is 1.79. The van der Waals surface area contributed by atoms with E-state index < -0.39 is 0 Å². The minimum Gasteiger partial charge on any atom is -0.296 e. The van der Waals surface area contributed by atoms with E-state index in [9.17, 15) is 0 Å². The van der Waals surface area contributed by atoms with Crippen molar-refractivity contribution in [2.75, 3.05) is 17.1 Å². The number of para-hydroxylation sites is 2. The standard InChI is InChI=1S/C14H14N4/c1-3-7-13(8-4-1)16-17-11-15-18(12-17)14-9-5-2-6-10-14/h1-11,16H,12H2. The number of hydrazone groups is 1. The van der Waals surface area contributed by atoms with E-state index in [2.05, 4.69) is 10.5 Å². The van der Waals surface area contributed by atoms with Crippen LogP contribution in [0.3, 0.4) is 0 Å². The van der Waals surface area contributed by atoms with Crippen LogP contribution in [0.1, 0.15) is 0 Å². The van der Waals surface area contributed by atoms with Crippen molar-refractivity contribution in [1.82, 2.24) is 5.01 Å². The van der Waals surface area contributed by atoms with Crippen LogP contribution < -0.4 is 10.4 Å². The molecule has 1 aliphatic heterocycles. The van der Waals surface area contributed by atoms with E-state index >= 15 is 0 Å². The van der Waals surface area contributed by atoms with Crippen molar-refractivity contribution in [2.45, 2.75) is 0 Å². The van der Waals surface area contributed by atoms with Gasteiger partial charge in [-0.2, -0.15) is 5.10 Å². The highest BCUT2D eigenvalue weighted by Gasteiger charge is 2.14. The maximum absolute atomic E-state index is 4.36. The van der Waals surface area contributed by atoms with Gasteiger partial charge in [0.05, 0.1) is 11.4 Å². The Morgan fingerprint density at radius 1 is 0.889 bits per heavy atom. The number of hydrogen-bond acceptors (Lipinski definition) is 4. The van der Waals surface area contributed by atoms with Crippen molar-refractivity contribution in [3.63, 3.8) is 0 Å². The van der Waals surface area contributed by atoms with Crippen molar-refractivity contribution in [3.8, 4) is 0 Å². The number of hydrazine groups is 1. The monoisotopic (exact) mass is 238 g/mol. The van der Waals surface area contributed by atoms with Crippen molar-refractivity contribution in [1.29, 1.82) is 0 Å². The second kappa shape index (κ2) is 4.79. The Kier molecular flexibility index (Phi) is 2.84. The Hall–Kier alpha value is -2.49. The van der Waals surface area contributed by atoms with Crippen molar-refractivity contribution in [2.24, 2.45) is 5.10 Å². The largest absolute Gasteiger partial charge is 0.296 e. The zero-order chi connectivity index (χ0) is 12.2. The molecule has 1 heterocycles. The van der Waals surface area contributed by atoms with E-state index in [0.29, 0.717) is 6.67 Å². The van der Waals surface area contributed by atoms with Gasteiger partial charge in [0, 0.05) is 0 Å². The van der Waals surface area contributed by atoms with Gasteiger partial charge in [0.25, 0.3) is 0 Å². The summed E-state index contributed by atoms with van der Waals surface area (Å²) < 4.78 is 0. The van der Waals surface area contributed by atoms with Crippen LogP contribution in [0.25, 0.3) is 0 Å². The number of nitrogens with zero attached hydrogens (tertiary/aromatic N) is 3. The Balaban J connectivity index is 1.65. The molecule has 0 fully saturated rings. The fourth-order valence-corrected chi connectivity index (χ4v) is 1.83. The lowest BCUT2D eigenvalue weighted by Gasteiger charge is -2.20. The van der Waals surface area contributed by atoms with E-state index in [-0.39, 0.29) is 0 Å². The predicted molar refractivity (Wildman–Crippen MR) is 74.2 cm³/mol. The molecule has 0 saturated carbocycles. The van der Waals surface area contributed by atoms with Gasteiger partial charge in [-0.05, 0) is 24.3 Å². The molecule has 0 aromatic heterocycles. The summed E-state index contributed by atoms with van der Waals surface area (Å²) in [5.41, 5.74) is 5.43. The van der Waals surface area contributed by atoms with Gasteiger partial charge in [-0.3, -0.25) is 10.4 Å². The molecule has 1 N–H and O–H groups in total. The summed E-state index contributed by atoms with van der Waals surface area (Å²) in [4.78, 5) is 0. The molecule has 0 radical (unpaired) electrons. The summed E-state index contributed by atoms with van der Waals surface area (Å²) in [5.74, 6) is 0. The lowest BCUT2D eigenvalue weighted by molar-refractivity contribution is 0.540. The van der Waals surface area contributed by atoms with Crippen molar-refractivity contribution >= 4 is 17.7 Å². The Morgan fingerprint density at radius 3 is 2.28 bits per heavy atom. The van der Waals surface area contributed by atoms with Crippen molar-refractivity contribution in [3.05, 3.63) is 60.7 Å². The first-order valence-electron chi connectivity index (χ1n) is 5.87. The first-order valence-corrected chi connectivity index (χ1v) is 5.87. The summed E-state index contributed by atoms with van der Waals surface area (Å²) in [6, 6.07) is 20.2. The number of nitrogens with one attached hydrogen (secondary N) is 1. The molecule has 0 amide bonds. The van der Waals surface area contributed by atoms with Gasteiger partial charge in [-0.15, -0.1) is 0 Å². The van der Waals surface area contributed by atoms with Gasteiger partial charge < -0.3 is 0 Å². The van der Waals surface area contributed by atoms with Gasteiger partial charge in [0.15, 0.2) is 0 Å². The van der Waals surface area contributed by atoms with E-state index in [0.717, 1.165) is 11.4 Å². The fourth-order valence-electron chi connectivity index (χ4n) is 1.83. The molecular weight excluding hydrogens is 224 g/mol. The SMILES string of the molecule is C1=NN(c2ccccc2)CN1Nc1ccccc1. The summed E-state index contributed by atoms with van der Waals surface area (Å²) >= 11 is 0. The van der Waals surface area contributed by atoms with Crippen LogP contribution in [-0.2, 0) is 0 Å². The minimum atomic E-state index is 0.693. The molecule has 2 aromatic rings. The molecule has 0 spiro atoms. The second-order valence-corrected chi connectivity index (χ2v) is 4.06. The number of anilines is 2. The quantitative estimate of drug-likeness (QED) is 0.892. The molecule has 0 saturated heterocycles. The van der Waals surface area contributed by atoms with Crippen LogP contribution >= 0.6 is 0 Å². The van der Waals surface area contributed by atoms with Gasteiger partial charge in [0.1, 0.15) is 13.0 Å². The molecule has 18 heavy (non-hydrogen) atoms. The third kappa shape index (κ3) is 2.27. The molecule has 4 heteroatoms. The van der Waals surface area contributed by atoms with Gasteiger partial charge in [0.2, 0.25) is 0 Å². The topological polar surface area (TPSA) is 30.9 Å². The van der Waals surface area contributed by atoms with Crippen LogP contribution in [0.15, 0.2) is 65.8 Å². The van der Waals surface area contributed by atoms with Gasteiger partial charge >= 0.3 is 0 Å². The fraction of sp³-hybridized carbons (Fsp3) is 0.0714. The smallest absolute Gasteiger partial charge is 0.133 e. The third-order valence-electron chi connectivity index (χ3n) is 2.72. The molecule has 2 aromatic carbocycles. The molecular formula is C14H14N4. The van der Waals surface area contributed by atoms with Gasteiger partial charge in [-0.1, -0.05) is 36.4 Å². The Bertz CT molecular complexity index is 524. The first kappa shape index (κ1) is 10.7. The molecule has 3 rings (SSSR count). The van der Waals surface area contributed by atoms with E-state index in [4.69, 9.17) is 0 Å². The predicted octanol–water partition coefficient (Wildman–Crippen LogP) is 2.74. The second-order valence-electron chi connectivity index (χ2n) is 4.06. The molecule has 0 bridgehead atoms. The average molecular weight is 238 g/mol. The maximum atomic E-state index is 4.36. The highest BCUT2D eigenvalue weighted by atomic mass is 15.7. The maximum Gasteiger partial charge on any atom is 0.133 e. The lowest BCUT2D eigenvalue weighted by atomic mass is 10.3. The molecule has 1 aliphatic rings. The number of benzene rings is 2. The van der Waals surface area contributed by atoms with Crippen molar-refractivity contribution < 1.29 is 0 Å². The van der Waals surface area contributed by atoms with E-state index in [1.165, 1.54) is 0 Å². The Labute approximate surface area is 106 Å². The first-order chi connectivity index (χ1) is 8.92. The highest BCUT2D eigenvalue weighted by Crippen LogP contribution is 2.17. The molecule has 0 atom stereocenters. The lowest BCUT2D eigenvalue weighted by Crippen LogP contribution is -2.31. The molecule has 90 valence electrons. The average Bonchev–Trinajstić information content (AvgIpc) is 2.89. The molecule has 0 aliphatic carbocycles. The van der Waals surface area contributed by atoms with E-state index in [1.807, 2.05) is 70.7 Å². The normalized spacial score (nSPS) is 14.0. The van der Waals surface area contributed by atoms with Crippen LogP contribution in [-0.4, -0.2) is 18.0 Å². The number of rotatable bonds is 3. The summed E-state index contributed by atoms with van der Waals surface area (Å²) in [5, 5.41) is 8.24. The zero-order valence-electron chi connectivity index (χ0n) is 9.90. The highest BCUT2D eigenvalue weighted by molar-refractivity contribution is 5.65. The summed E-state index contributed by atoms with van der Waals surface area (Å²) in [6.45, 7) is 0.693. The number of hydrogen-bond donors (Lipinski definition) is 1. The van der Waals surface area contributed by atoms with Crippen LogP contribution in [0.4, 0.5) is 11.4 Å². The Morgan fingerprint density at radius 2 is 1.56 bits per heavy atom. The third-order valence-corrected chi connectivity index (χ3v) is 2.72. The molecule has 0 unspecified atom stereocenters. The van der Waals surface area contributed by atoms with Gasteiger partial charge in [-0.25, -0.2) is 5.01 Å². The molecule has 4 nitrogen and oxygen atoms in total. The van der Waals surface area contributed by atoms with E-state index in [1.54, 1.807) is 6.34 Å². The van der Waals surface area contributed by atoms with Crippen LogP contribution in [0.5, 0.6) is 0 Å². The minimum absolute atomic E-state index is 0.693. The zero-order valence-corrected chi connectivity index (χ0v) is 9.90. The van der Waals surface area contributed by atoms with Crippen LogP contribution in [0.2, 0.25) is 0 Å². The summed E-state index contributed by atoms with van der Waals surface area (Å²) in [7, 11) is 0. The van der Waals surface area contributed by atoms with Crippen LogP contribution in [0, 0.1) is 0 Å².